The molecule has 0 bridgehead atoms. The Morgan fingerprint density at radius 1 is 0.970 bits per heavy atom. The Kier molecular flexibility index (Phi) is 6.09. The lowest BCUT2D eigenvalue weighted by atomic mass is 10.2. The summed E-state index contributed by atoms with van der Waals surface area (Å²) in [4.78, 5) is 30.7. The summed E-state index contributed by atoms with van der Waals surface area (Å²) in [6.07, 6.45) is -0.651. The van der Waals surface area contributed by atoms with Crippen molar-refractivity contribution < 1.29 is 22.7 Å². The van der Waals surface area contributed by atoms with E-state index >= 15 is 0 Å². The number of rotatable bonds is 7. The highest BCUT2D eigenvalue weighted by molar-refractivity contribution is 7.90. The molecule has 168 valence electrons. The highest BCUT2D eigenvalue weighted by Crippen LogP contribution is 2.21. The Morgan fingerprint density at radius 2 is 1.70 bits per heavy atom. The normalized spacial score (nSPS) is 11.3. The third kappa shape index (κ3) is 5.18. The van der Waals surface area contributed by atoms with Crippen LogP contribution in [0, 0.1) is 0 Å². The lowest BCUT2D eigenvalue weighted by Crippen LogP contribution is -2.13. The number of nitrogens with two attached hydrogens (primary N) is 1. The first kappa shape index (κ1) is 22.0. The zero-order valence-electron chi connectivity index (χ0n) is 17.3. The van der Waals surface area contributed by atoms with Gasteiger partial charge in [0.05, 0.1) is 16.0 Å². The fourth-order valence-electron chi connectivity index (χ4n) is 3.24. The number of fused-ring (bicyclic) bond motifs is 1. The van der Waals surface area contributed by atoms with Gasteiger partial charge in [-0.2, -0.15) is 0 Å². The van der Waals surface area contributed by atoms with E-state index in [1.807, 2.05) is 30.3 Å². The maximum absolute atomic E-state index is 12.8. The van der Waals surface area contributed by atoms with E-state index in [-0.39, 0.29) is 22.9 Å². The van der Waals surface area contributed by atoms with Crippen LogP contribution >= 0.6 is 0 Å². The molecule has 4 aromatic rings. The number of amides is 2. The predicted molar refractivity (Wildman–Crippen MR) is 122 cm³/mol. The van der Waals surface area contributed by atoms with Crippen LogP contribution in [0.3, 0.4) is 0 Å². The number of para-hydroxylation sites is 1. The molecule has 0 saturated carbocycles. The van der Waals surface area contributed by atoms with Crippen molar-refractivity contribution in [2.75, 3.05) is 5.32 Å². The number of benzene rings is 3. The average molecular weight is 465 g/mol. The van der Waals surface area contributed by atoms with Crippen LogP contribution in [0.25, 0.3) is 11.0 Å². The third-order valence-corrected chi connectivity index (χ3v) is 6.47. The molecule has 1 heterocycles. The second kappa shape index (κ2) is 9.13. The van der Waals surface area contributed by atoms with E-state index < -0.39 is 27.6 Å². The summed E-state index contributed by atoms with van der Waals surface area (Å²) in [5, 5.41) is 2.56. The van der Waals surface area contributed by atoms with Gasteiger partial charge in [-0.25, -0.2) is 18.2 Å². The van der Waals surface area contributed by atoms with Gasteiger partial charge < -0.3 is 15.5 Å². The quantitative estimate of drug-likeness (QED) is 0.382. The fraction of sp³-hybridized carbons (Fsp3) is 0.0870. The molecule has 0 atom stereocenters. The number of nitrogens with one attached hydrogen (secondary N) is 2. The minimum Gasteiger partial charge on any atom is -0.444 e. The van der Waals surface area contributed by atoms with E-state index in [9.17, 15) is 18.0 Å². The highest BCUT2D eigenvalue weighted by Gasteiger charge is 2.19. The number of ether oxygens (including phenoxy) is 1. The van der Waals surface area contributed by atoms with E-state index in [0.717, 1.165) is 5.56 Å². The summed E-state index contributed by atoms with van der Waals surface area (Å²) in [6.45, 7) is 0.119. The molecule has 0 saturated heterocycles. The van der Waals surface area contributed by atoms with Crippen molar-refractivity contribution in [1.29, 1.82) is 0 Å². The second-order valence-corrected chi connectivity index (χ2v) is 9.21. The SMILES string of the molecule is NC(=O)c1cccc2[nH]c(CS(=O)(=O)c3ccc(NC(=O)OCc4ccccc4)cc3)nc12. The molecule has 9 nitrogen and oxygen atoms in total. The highest BCUT2D eigenvalue weighted by atomic mass is 32.2. The van der Waals surface area contributed by atoms with Crippen LogP contribution in [0.4, 0.5) is 10.5 Å². The van der Waals surface area contributed by atoms with Gasteiger partial charge >= 0.3 is 6.09 Å². The molecule has 0 spiro atoms. The van der Waals surface area contributed by atoms with Crippen LogP contribution in [0.15, 0.2) is 77.7 Å². The second-order valence-electron chi connectivity index (χ2n) is 7.22. The number of hydrogen-bond acceptors (Lipinski definition) is 6. The van der Waals surface area contributed by atoms with Gasteiger partial charge in [0.15, 0.2) is 9.84 Å². The summed E-state index contributed by atoms with van der Waals surface area (Å²) in [5.41, 5.74) is 7.65. The van der Waals surface area contributed by atoms with Crippen molar-refractivity contribution in [3.05, 3.63) is 89.7 Å². The number of anilines is 1. The van der Waals surface area contributed by atoms with Gasteiger partial charge in [-0.15, -0.1) is 0 Å². The minimum atomic E-state index is -3.74. The summed E-state index contributed by atoms with van der Waals surface area (Å²) >= 11 is 0. The lowest BCUT2D eigenvalue weighted by Gasteiger charge is -2.08. The zero-order chi connectivity index (χ0) is 23.4. The van der Waals surface area contributed by atoms with E-state index in [4.69, 9.17) is 10.5 Å². The molecular weight excluding hydrogens is 444 g/mol. The molecule has 2 amide bonds. The molecule has 0 fully saturated rings. The Morgan fingerprint density at radius 3 is 2.39 bits per heavy atom. The van der Waals surface area contributed by atoms with Gasteiger partial charge in [0.2, 0.25) is 0 Å². The van der Waals surface area contributed by atoms with E-state index in [2.05, 4.69) is 15.3 Å². The summed E-state index contributed by atoms with van der Waals surface area (Å²) in [6, 6.07) is 19.8. The van der Waals surface area contributed by atoms with Crippen molar-refractivity contribution in [2.24, 2.45) is 5.73 Å². The number of primary amides is 1. The molecule has 1 aromatic heterocycles. The monoisotopic (exact) mass is 464 g/mol. The number of sulfone groups is 1. The van der Waals surface area contributed by atoms with Gasteiger partial charge in [0, 0.05) is 5.69 Å². The average Bonchev–Trinajstić information content (AvgIpc) is 3.20. The molecular formula is C23H20N4O5S. The first-order valence-electron chi connectivity index (χ1n) is 9.90. The molecule has 0 radical (unpaired) electrons. The number of hydrogen-bond donors (Lipinski definition) is 3. The van der Waals surface area contributed by atoms with Gasteiger partial charge in [-0.1, -0.05) is 36.4 Å². The molecule has 0 aliphatic carbocycles. The number of carbonyl (C=O) groups is 2. The van der Waals surface area contributed by atoms with Crippen LogP contribution in [0.2, 0.25) is 0 Å². The molecule has 3 aromatic carbocycles. The molecule has 0 unspecified atom stereocenters. The van der Waals surface area contributed by atoms with Crippen LogP contribution < -0.4 is 11.1 Å². The van der Waals surface area contributed by atoms with Crippen molar-refractivity contribution >= 4 is 38.6 Å². The number of carbonyl (C=O) groups excluding carboxylic acids is 2. The van der Waals surface area contributed by atoms with Crippen molar-refractivity contribution in [3.63, 3.8) is 0 Å². The Bertz CT molecular complexity index is 1410. The van der Waals surface area contributed by atoms with Crippen LogP contribution in [-0.2, 0) is 26.9 Å². The maximum Gasteiger partial charge on any atom is 0.411 e. The van der Waals surface area contributed by atoms with Crippen molar-refractivity contribution in [2.45, 2.75) is 17.3 Å². The third-order valence-electron chi connectivity index (χ3n) is 4.83. The molecule has 33 heavy (non-hydrogen) atoms. The first-order chi connectivity index (χ1) is 15.8. The molecule has 4 rings (SSSR count). The molecule has 0 aliphatic rings. The fourth-order valence-corrected chi connectivity index (χ4v) is 4.45. The Balaban J connectivity index is 1.42. The zero-order valence-corrected chi connectivity index (χ0v) is 18.1. The summed E-state index contributed by atoms with van der Waals surface area (Å²) in [7, 11) is -3.74. The largest absolute Gasteiger partial charge is 0.444 e. The van der Waals surface area contributed by atoms with Gasteiger partial charge in [-0.05, 0) is 42.0 Å². The van der Waals surface area contributed by atoms with Gasteiger partial charge in [0.25, 0.3) is 5.91 Å². The van der Waals surface area contributed by atoms with Gasteiger partial charge in [-0.3, -0.25) is 10.1 Å². The minimum absolute atomic E-state index is 0.0567. The summed E-state index contributed by atoms with van der Waals surface area (Å²) < 4.78 is 30.8. The summed E-state index contributed by atoms with van der Waals surface area (Å²) in [5.74, 6) is -0.858. The molecule has 0 aliphatic heterocycles. The predicted octanol–water partition coefficient (Wildman–Crippen LogP) is 3.38. The van der Waals surface area contributed by atoms with Crippen LogP contribution in [-0.4, -0.2) is 30.4 Å². The smallest absolute Gasteiger partial charge is 0.411 e. The number of nitrogens with zero attached hydrogens (tertiary/aromatic N) is 1. The van der Waals surface area contributed by atoms with E-state index in [1.54, 1.807) is 12.1 Å². The van der Waals surface area contributed by atoms with E-state index in [1.165, 1.54) is 30.3 Å². The van der Waals surface area contributed by atoms with E-state index in [0.29, 0.717) is 16.7 Å². The van der Waals surface area contributed by atoms with Crippen molar-refractivity contribution in [3.8, 4) is 0 Å². The van der Waals surface area contributed by atoms with Crippen molar-refractivity contribution in [1.82, 2.24) is 9.97 Å². The maximum atomic E-state index is 12.8. The number of aromatic amines is 1. The lowest BCUT2D eigenvalue weighted by molar-refractivity contribution is 0.100. The topological polar surface area (TPSA) is 144 Å². The molecule has 4 N–H and O–H groups in total. The number of imidazole rings is 1. The standard InChI is InChI=1S/C23H20N4O5S/c24-22(28)18-7-4-8-19-21(18)27-20(26-19)14-33(30,31)17-11-9-16(10-12-17)25-23(29)32-13-15-5-2-1-3-6-15/h1-12H,13-14H2,(H2,24,28)(H,25,29)(H,26,27). The molecule has 10 heteroatoms. The van der Waals surface area contributed by atoms with Crippen LogP contribution in [0.5, 0.6) is 0 Å². The number of H-pyrrole nitrogens is 1. The van der Waals surface area contributed by atoms with Gasteiger partial charge in [0.1, 0.15) is 23.7 Å². The number of aromatic nitrogens is 2. The Labute approximate surface area is 189 Å². The first-order valence-corrected chi connectivity index (χ1v) is 11.5. The van der Waals surface area contributed by atoms with Crippen LogP contribution in [0.1, 0.15) is 21.7 Å². The Hall–Kier alpha value is -4.18.